The van der Waals surface area contributed by atoms with Gasteiger partial charge >= 0.3 is 6.03 Å². The van der Waals surface area contributed by atoms with Gasteiger partial charge in [-0.2, -0.15) is 0 Å². The van der Waals surface area contributed by atoms with Gasteiger partial charge in [0.25, 0.3) is 0 Å². The van der Waals surface area contributed by atoms with E-state index in [0.717, 1.165) is 37.8 Å². The van der Waals surface area contributed by atoms with Crippen molar-refractivity contribution in [1.82, 2.24) is 20.1 Å². The minimum atomic E-state index is -0.154. The highest BCUT2D eigenvalue weighted by atomic mass is 16.5. The molecule has 0 bridgehead atoms. The number of hydrogen-bond acceptors (Lipinski definition) is 5. The molecule has 1 saturated heterocycles. The number of anilines is 1. The number of nitrogens with zero attached hydrogens (tertiary/aromatic N) is 4. The van der Waals surface area contributed by atoms with E-state index in [1.165, 1.54) is 7.11 Å². The molecule has 0 saturated carbocycles. The van der Waals surface area contributed by atoms with Crippen LogP contribution in [0.5, 0.6) is 5.88 Å². The van der Waals surface area contributed by atoms with Crippen molar-refractivity contribution in [2.75, 3.05) is 19.0 Å². The number of methoxy groups -OCH3 is 1. The standard InChI is InChI=1S/C17H21N5O2/c1-24-16-7-6-15(20-21-16)19-17(23)22-12-4-2-3-5-14(22)13-8-10-18-11-9-13/h6-11,14H,2-5,12H2,1H3,(H,19,20,23)/t14-/m0/s1. The largest absolute Gasteiger partial charge is 0.480 e. The Hall–Kier alpha value is -2.70. The molecule has 0 aromatic carbocycles. The van der Waals surface area contributed by atoms with E-state index in [4.69, 9.17) is 4.74 Å². The van der Waals surface area contributed by atoms with Gasteiger partial charge in [0.2, 0.25) is 5.88 Å². The summed E-state index contributed by atoms with van der Waals surface area (Å²) >= 11 is 0. The molecule has 1 N–H and O–H groups in total. The van der Waals surface area contributed by atoms with Crippen molar-refractivity contribution in [3.05, 3.63) is 42.2 Å². The van der Waals surface area contributed by atoms with Crippen LogP contribution in [0.3, 0.4) is 0 Å². The lowest BCUT2D eigenvalue weighted by Crippen LogP contribution is -2.38. The van der Waals surface area contributed by atoms with Crippen LogP contribution in [0.4, 0.5) is 10.6 Å². The molecule has 0 unspecified atom stereocenters. The van der Waals surface area contributed by atoms with Crippen molar-refractivity contribution in [1.29, 1.82) is 0 Å². The molecule has 1 aliphatic rings. The number of hydrogen-bond donors (Lipinski definition) is 1. The van der Waals surface area contributed by atoms with Gasteiger partial charge < -0.3 is 9.64 Å². The Morgan fingerprint density at radius 1 is 1.17 bits per heavy atom. The van der Waals surface area contributed by atoms with Crippen LogP contribution < -0.4 is 10.1 Å². The Labute approximate surface area is 141 Å². The number of ether oxygens (including phenoxy) is 1. The Bertz CT molecular complexity index is 662. The molecule has 3 rings (SSSR count). The van der Waals surface area contributed by atoms with Crippen LogP contribution in [0.25, 0.3) is 0 Å². The summed E-state index contributed by atoms with van der Waals surface area (Å²) in [5.41, 5.74) is 1.11. The second kappa shape index (κ2) is 7.72. The smallest absolute Gasteiger partial charge is 0.323 e. The summed E-state index contributed by atoms with van der Waals surface area (Å²) in [6, 6.07) is 7.21. The van der Waals surface area contributed by atoms with E-state index in [1.54, 1.807) is 24.5 Å². The Morgan fingerprint density at radius 2 is 2.00 bits per heavy atom. The van der Waals surface area contributed by atoms with E-state index in [9.17, 15) is 4.79 Å². The van der Waals surface area contributed by atoms with Gasteiger partial charge in [-0.3, -0.25) is 10.3 Å². The number of rotatable bonds is 3. The third kappa shape index (κ3) is 3.79. The molecule has 126 valence electrons. The monoisotopic (exact) mass is 327 g/mol. The predicted molar refractivity (Wildman–Crippen MR) is 89.8 cm³/mol. The van der Waals surface area contributed by atoms with E-state index in [0.29, 0.717) is 11.7 Å². The van der Waals surface area contributed by atoms with Gasteiger partial charge in [-0.1, -0.05) is 12.8 Å². The number of carbonyl (C=O) groups excluding carboxylic acids is 1. The van der Waals surface area contributed by atoms with Crippen LogP contribution in [-0.2, 0) is 0 Å². The summed E-state index contributed by atoms with van der Waals surface area (Å²) in [6.07, 6.45) is 7.73. The van der Waals surface area contributed by atoms with E-state index in [1.807, 2.05) is 17.0 Å². The highest BCUT2D eigenvalue weighted by molar-refractivity contribution is 5.88. The lowest BCUT2D eigenvalue weighted by atomic mass is 10.0. The lowest BCUT2D eigenvalue weighted by Gasteiger charge is -2.30. The van der Waals surface area contributed by atoms with Crippen LogP contribution in [-0.4, -0.2) is 39.8 Å². The Kier molecular flexibility index (Phi) is 5.20. The molecule has 0 spiro atoms. The minimum Gasteiger partial charge on any atom is -0.480 e. The van der Waals surface area contributed by atoms with Crippen LogP contribution in [0.1, 0.15) is 37.3 Å². The molecule has 1 fully saturated rings. The summed E-state index contributed by atoms with van der Waals surface area (Å²) < 4.78 is 4.98. The second-order valence-corrected chi connectivity index (χ2v) is 5.73. The van der Waals surface area contributed by atoms with Crippen molar-refractivity contribution in [2.45, 2.75) is 31.7 Å². The van der Waals surface area contributed by atoms with Crippen LogP contribution in [0.2, 0.25) is 0 Å². The van der Waals surface area contributed by atoms with Crippen molar-refractivity contribution >= 4 is 11.8 Å². The molecule has 2 amide bonds. The molecule has 24 heavy (non-hydrogen) atoms. The third-order valence-electron chi connectivity index (χ3n) is 4.19. The van der Waals surface area contributed by atoms with E-state index < -0.39 is 0 Å². The van der Waals surface area contributed by atoms with Crippen molar-refractivity contribution in [3.8, 4) is 5.88 Å². The second-order valence-electron chi connectivity index (χ2n) is 5.73. The number of likely N-dealkylation sites (tertiary alicyclic amines) is 1. The maximum atomic E-state index is 12.8. The minimum absolute atomic E-state index is 0.0571. The van der Waals surface area contributed by atoms with Gasteiger partial charge in [0.05, 0.1) is 13.2 Å². The highest BCUT2D eigenvalue weighted by Crippen LogP contribution is 2.30. The SMILES string of the molecule is COc1ccc(NC(=O)N2CCCCC[C@H]2c2ccncc2)nn1. The molecule has 2 aromatic heterocycles. The van der Waals surface area contributed by atoms with Crippen LogP contribution in [0.15, 0.2) is 36.7 Å². The fourth-order valence-electron chi connectivity index (χ4n) is 2.96. The topological polar surface area (TPSA) is 80.2 Å². The number of aromatic nitrogens is 3. The first-order valence-corrected chi connectivity index (χ1v) is 8.13. The highest BCUT2D eigenvalue weighted by Gasteiger charge is 2.27. The van der Waals surface area contributed by atoms with Gasteiger partial charge in [-0.25, -0.2) is 4.79 Å². The maximum absolute atomic E-state index is 12.8. The molecule has 0 aliphatic carbocycles. The fraction of sp³-hybridized carbons (Fsp3) is 0.412. The quantitative estimate of drug-likeness (QED) is 0.937. The summed E-state index contributed by atoms with van der Waals surface area (Å²) in [5, 5.41) is 10.7. The number of nitrogens with one attached hydrogen (secondary N) is 1. The van der Waals surface area contributed by atoms with E-state index >= 15 is 0 Å². The fourth-order valence-corrected chi connectivity index (χ4v) is 2.96. The molecule has 2 aromatic rings. The number of urea groups is 1. The average Bonchev–Trinajstić information content (AvgIpc) is 2.89. The summed E-state index contributed by atoms with van der Waals surface area (Å²) in [5.74, 6) is 0.830. The predicted octanol–water partition coefficient (Wildman–Crippen LogP) is 3.03. The first-order chi connectivity index (χ1) is 11.8. The Morgan fingerprint density at radius 3 is 2.71 bits per heavy atom. The van der Waals surface area contributed by atoms with Crippen LogP contribution >= 0.6 is 0 Å². The van der Waals surface area contributed by atoms with Crippen molar-refractivity contribution in [2.24, 2.45) is 0 Å². The molecule has 0 radical (unpaired) electrons. The molecular weight excluding hydrogens is 306 g/mol. The lowest BCUT2D eigenvalue weighted by molar-refractivity contribution is 0.189. The first-order valence-electron chi connectivity index (χ1n) is 8.13. The van der Waals surface area contributed by atoms with E-state index in [2.05, 4.69) is 20.5 Å². The maximum Gasteiger partial charge on any atom is 0.323 e. The molecular formula is C17H21N5O2. The Balaban J connectivity index is 1.76. The van der Waals surface area contributed by atoms with Gasteiger partial charge in [0.1, 0.15) is 0 Å². The normalized spacial score (nSPS) is 17.9. The zero-order valence-electron chi connectivity index (χ0n) is 13.7. The van der Waals surface area contributed by atoms with E-state index in [-0.39, 0.29) is 12.1 Å². The zero-order valence-corrected chi connectivity index (χ0v) is 13.7. The van der Waals surface area contributed by atoms with Gasteiger partial charge in [-0.05, 0) is 36.6 Å². The third-order valence-corrected chi connectivity index (χ3v) is 4.19. The van der Waals surface area contributed by atoms with Crippen molar-refractivity contribution < 1.29 is 9.53 Å². The van der Waals surface area contributed by atoms with Gasteiger partial charge in [0, 0.05) is 25.0 Å². The van der Waals surface area contributed by atoms with Gasteiger partial charge in [-0.15, -0.1) is 10.2 Å². The number of pyridine rings is 1. The number of carbonyl (C=O) groups is 1. The first kappa shape index (κ1) is 16.2. The summed E-state index contributed by atoms with van der Waals surface area (Å²) in [6.45, 7) is 0.725. The molecule has 1 atom stereocenters. The van der Waals surface area contributed by atoms with Crippen LogP contribution in [0, 0.1) is 0 Å². The van der Waals surface area contributed by atoms with Gasteiger partial charge in [0.15, 0.2) is 5.82 Å². The average molecular weight is 327 g/mol. The van der Waals surface area contributed by atoms with Crippen molar-refractivity contribution in [3.63, 3.8) is 0 Å². The molecule has 3 heterocycles. The molecule has 7 nitrogen and oxygen atoms in total. The summed E-state index contributed by atoms with van der Waals surface area (Å²) in [7, 11) is 1.53. The molecule has 7 heteroatoms. The summed E-state index contributed by atoms with van der Waals surface area (Å²) in [4.78, 5) is 18.7. The zero-order chi connectivity index (χ0) is 16.8. The molecule has 1 aliphatic heterocycles. The number of amides is 2.